The zero-order valence-corrected chi connectivity index (χ0v) is 17.2. The van der Waals surface area contributed by atoms with Crippen molar-refractivity contribution in [2.24, 2.45) is 0 Å². The molecule has 6 nitrogen and oxygen atoms in total. The quantitative estimate of drug-likeness (QED) is 0.643. The molecule has 1 aliphatic carbocycles. The molecule has 1 saturated heterocycles. The first-order chi connectivity index (χ1) is 14.7. The molecule has 0 radical (unpaired) electrons. The number of rotatable bonds is 6. The molecule has 2 aromatic carbocycles. The van der Waals surface area contributed by atoms with Crippen molar-refractivity contribution in [2.45, 2.75) is 57.1 Å². The van der Waals surface area contributed by atoms with Gasteiger partial charge in [0.05, 0.1) is 0 Å². The van der Waals surface area contributed by atoms with Gasteiger partial charge >= 0.3 is 0 Å². The van der Waals surface area contributed by atoms with Gasteiger partial charge in [0, 0.05) is 35.3 Å². The largest absolute Gasteiger partial charge is 0.382 e. The summed E-state index contributed by atoms with van der Waals surface area (Å²) in [5.41, 5.74) is 2.90. The van der Waals surface area contributed by atoms with Gasteiger partial charge in [-0.3, -0.25) is 9.59 Å². The Balaban J connectivity index is 1.33. The zero-order chi connectivity index (χ0) is 20.8. The van der Waals surface area contributed by atoms with Gasteiger partial charge in [-0.1, -0.05) is 25.3 Å². The molecule has 1 heterocycles. The van der Waals surface area contributed by atoms with Crippen molar-refractivity contribution < 1.29 is 14.3 Å². The standard InChI is InChI=1S/C24H29N3O3/c28-23(17-6-4-9-21(16-17)27-24(29)22-10-5-15-30-22)26-20-13-11-19(12-14-20)25-18-7-2-1-3-8-18/h4,6,9,11-14,16,18,22,25H,1-3,5,7-8,10,15H2,(H,26,28)(H,27,29). The lowest BCUT2D eigenvalue weighted by molar-refractivity contribution is -0.124. The third kappa shape index (κ3) is 5.39. The number of carbonyl (C=O) groups excluding carboxylic acids is 2. The molecule has 1 aliphatic heterocycles. The second kappa shape index (κ2) is 9.76. The van der Waals surface area contributed by atoms with Gasteiger partial charge in [-0.25, -0.2) is 0 Å². The number of amides is 2. The Hall–Kier alpha value is -2.86. The minimum absolute atomic E-state index is 0.161. The highest BCUT2D eigenvalue weighted by Gasteiger charge is 2.23. The minimum atomic E-state index is -0.400. The van der Waals surface area contributed by atoms with E-state index in [9.17, 15) is 9.59 Å². The van der Waals surface area contributed by atoms with E-state index in [2.05, 4.69) is 16.0 Å². The van der Waals surface area contributed by atoms with Crippen LogP contribution in [0.2, 0.25) is 0 Å². The molecule has 1 saturated carbocycles. The van der Waals surface area contributed by atoms with Gasteiger partial charge in [0.25, 0.3) is 11.8 Å². The molecular formula is C24H29N3O3. The fourth-order valence-corrected chi connectivity index (χ4v) is 4.08. The number of ether oxygens (including phenoxy) is 1. The van der Waals surface area contributed by atoms with Crippen LogP contribution in [-0.4, -0.2) is 30.6 Å². The Bertz CT molecular complexity index is 870. The van der Waals surface area contributed by atoms with E-state index in [0.29, 0.717) is 23.9 Å². The van der Waals surface area contributed by atoms with Crippen LogP contribution < -0.4 is 16.0 Å². The maximum absolute atomic E-state index is 12.6. The number of nitrogens with one attached hydrogen (secondary N) is 3. The van der Waals surface area contributed by atoms with E-state index in [1.807, 2.05) is 24.3 Å². The molecule has 2 aliphatic rings. The molecule has 2 fully saturated rings. The van der Waals surface area contributed by atoms with Crippen molar-refractivity contribution in [2.75, 3.05) is 22.6 Å². The van der Waals surface area contributed by atoms with Crippen LogP contribution in [0.15, 0.2) is 48.5 Å². The topological polar surface area (TPSA) is 79.5 Å². The van der Waals surface area contributed by atoms with Crippen LogP contribution in [0, 0.1) is 0 Å². The van der Waals surface area contributed by atoms with E-state index >= 15 is 0 Å². The van der Waals surface area contributed by atoms with Crippen molar-refractivity contribution in [3.8, 4) is 0 Å². The molecule has 3 N–H and O–H groups in total. The van der Waals surface area contributed by atoms with Crippen LogP contribution >= 0.6 is 0 Å². The van der Waals surface area contributed by atoms with Gasteiger partial charge in [0.1, 0.15) is 6.10 Å². The van der Waals surface area contributed by atoms with E-state index < -0.39 is 6.10 Å². The third-order valence-corrected chi connectivity index (χ3v) is 5.73. The lowest BCUT2D eigenvalue weighted by Gasteiger charge is -2.23. The van der Waals surface area contributed by atoms with Crippen LogP contribution in [-0.2, 0) is 9.53 Å². The summed E-state index contributed by atoms with van der Waals surface area (Å²) >= 11 is 0. The number of carbonyl (C=O) groups is 2. The normalized spacial score (nSPS) is 19.3. The van der Waals surface area contributed by atoms with E-state index in [1.165, 1.54) is 32.1 Å². The highest BCUT2D eigenvalue weighted by Crippen LogP contribution is 2.23. The Labute approximate surface area is 177 Å². The lowest BCUT2D eigenvalue weighted by Crippen LogP contribution is -2.27. The fraction of sp³-hybridized carbons (Fsp3) is 0.417. The average Bonchev–Trinajstić information content (AvgIpc) is 3.31. The molecule has 0 spiro atoms. The van der Waals surface area contributed by atoms with E-state index in [0.717, 1.165) is 24.2 Å². The van der Waals surface area contributed by atoms with Gasteiger partial charge in [-0.05, 0) is 68.1 Å². The van der Waals surface area contributed by atoms with Crippen molar-refractivity contribution in [1.29, 1.82) is 0 Å². The summed E-state index contributed by atoms with van der Waals surface area (Å²) in [6, 6.07) is 15.3. The first-order valence-corrected chi connectivity index (χ1v) is 10.9. The van der Waals surface area contributed by atoms with Crippen LogP contribution in [0.1, 0.15) is 55.3 Å². The smallest absolute Gasteiger partial charge is 0.255 e. The predicted molar refractivity (Wildman–Crippen MR) is 119 cm³/mol. The van der Waals surface area contributed by atoms with Crippen LogP contribution in [0.4, 0.5) is 17.1 Å². The molecule has 0 bridgehead atoms. The highest BCUT2D eigenvalue weighted by molar-refractivity contribution is 6.05. The molecule has 6 heteroatoms. The lowest BCUT2D eigenvalue weighted by atomic mass is 9.95. The van der Waals surface area contributed by atoms with E-state index in [4.69, 9.17) is 4.74 Å². The third-order valence-electron chi connectivity index (χ3n) is 5.73. The zero-order valence-electron chi connectivity index (χ0n) is 17.2. The predicted octanol–water partition coefficient (Wildman–Crippen LogP) is 4.80. The van der Waals surface area contributed by atoms with E-state index in [1.54, 1.807) is 24.3 Å². The van der Waals surface area contributed by atoms with Crippen LogP contribution in [0.3, 0.4) is 0 Å². The molecule has 158 valence electrons. The summed E-state index contributed by atoms with van der Waals surface area (Å²) < 4.78 is 5.40. The molecular weight excluding hydrogens is 378 g/mol. The maximum atomic E-state index is 12.6. The van der Waals surface area contributed by atoms with Crippen LogP contribution in [0.5, 0.6) is 0 Å². The Kier molecular flexibility index (Phi) is 6.64. The van der Waals surface area contributed by atoms with Gasteiger partial charge in [-0.2, -0.15) is 0 Å². The monoisotopic (exact) mass is 407 g/mol. The van der Waals surface area contributed by atoms with Crippen molar-refractivity contribution in [3.63, 3.8) is 0 Å². The summed E-state index contributed by atoms with van der Waals surface area (Å²) in [5.74, 6) is -0.373. The Morgan fingerprint density at radius 2 is 1.57 bits per heavy atom. The molecule has 0 aromatic heterocycles. The van der Waals surface area contributed by atoms with Crippen molar-refractivity contribution in [1.82, 2.24) is 0 Å². The Morgan fingerprint density at radius 1 is 0.800 bits per heavy atom. The molecule has 1 unspecified atom stereocenters. The first kappa shape index (κ1) is 20.4. The van der Waals surface area contributed by atoms with Gasteiger partial charge in [0.15, 0.2) is 0 Å². The van der Waals surface area contributed by atoms with E-state index in [-0.39, 0.29) is 11.8 Å². The second-order valence-corrected chi connectivity index (χ2v) is 8.08. The summed E-state index contributed by atoms with van der Waals surface area (Å²) in [7, 11) is 0. The Morgan fingerprint density at radius 3 is 2.30 bits per heavy atom. The fourth-order valence-electron chi connectivity index (χ4n) is 4.08. The summed E-state index contributed by atoms with van der Waals surface area (Å²) in [6.07, 6.45) is 7.59. The molecule has 1 atom stereocenters. The maximum Gasteiger partial charge on any atom is 0.255 e. The molecule has 2 amide bonds. The van der Waals surface area contributed by atoms with Gasteiger partial charge in [0.2, 0.25) is 0 Å². The summed E-state index contributed by atoms with van der Waals surface area (Å²) in [6.45, 7) is 0.621. The summed E-state index contributed by atoms with van der Waals surface area (Å²) in [4.78, 5) is 24.9. The molecule has 2 aromatic rings. The number of benzene rings is 2. The molecule has 30 heavy (non-hydrogen) atoms. The SMILES string of the molecule is O=C(Nc1ccc(NC2CCCCC2)cc1)c1cccc(NC(=O)C2CCCO2)c1. The number of hydrogen-bond acceptors (Lipinski definition) is 4. The van der Waals surface area contributed by atoms with Gasteiger partial charge < -0.3 is 20.7 Å². The highest BCUT2D eigenvalue weighted by atomic mass is 16.5. The number of hydrogen-bond donors (Lipinski definition) is 3. The van der Waals surface area contributed by atoms with Crippen LogP contribution in [0.25, 0.3) is 0 Å². The first-order valence-electron chi connectivity index (χ1n) is 10.9. The van der Waals surface area contributed by atoms with Crippen molar-refractivity contribution >= 4 is 28.9 Å². The summed E-state index contributed by atoms with van der Waals surface area (Å²) in [5, 5.41) is 9.34. The second-order valence-electron chi connectivity index (χ2n) is 8.08. The number of anilines is 3. The molecule has 4 rings (SSSR count). The average molecular weight is 408 g/mol. The minimum Gasteiger partial charge on any atom is -0.382 e. The van der Waals surface area contributed by atoms with Crippen molar-refractivity contribution in [3.05, 3.63) is 54.1 Å². The van der Waals surface area contributed by atoms with Gasteiger partial charge in [-0.15, -0.1) is 0 Å².